The fourth-order valence-corrected chi connectivity index (χ4v) is 6.53. The van der Waals surface area contributed by atoms with Crippen molar-refractivity contribution in [2.24, 2.45) is 5.92 Å². The highest BCUT2D eigenvalue weighted by Gasteiger charge is 2.32. The van der Waals surface area contributed by atoms with Crippen LogP contribution < -0.4 is 4.90 Å². The number of nitrogens with zero attached hydrogens (tertiary/aromatic N) is 4. The van der Waals surface area contributed by atoms with Gasteiger partial charge >= 0.3 is 0 Å². The number of aryl methyl sites for hydroxylation is 1. The van der Waals surface area contributed by atoms with E-state index in [-0.39, 0.29) is 0 Å². The summed E-state index contributed by atoms with van der Waals surface area (Å²) in [5.41, 5.74) is 1.45. The summed E-state index contributed by atoms with van der Waals surface area (Å²) in [6.45, 7) is 4.80. The number of hydrogen-bond acceptors (Lipinski definition) is 6. The highest BCUT2D eigenvalue weighted by molar-refractivity contribution is 7.88. The van der Waals surface area contributed by atoms with Crippen LogP contribution in [-0.2, 0) is 22.9 Å². The standard InChI is InChI=1S/C19H26N4O2S2/c1-12-3-6-14-15(11-12)26-19-16(14)18(20-17(21-19)13-4-5-13)22-7-9-23(10-8-22)27(2,24)25/h12-13H,3-11H2,1-2H3. The topological polar surface area (TPSA) is 66.4 Å². The minimum atomic E-state index is -3.12. The highest BCUT2D eigenvalue weighted by Crippen LogP contribution is 2.44. The predicted molar refractivity (Wildman–Crippen MR) is 109 cm³/mol. The van der Waals surface area contributed by atoms with E-state index in [1.807, 2.05) is 11.3 Å². The van der Waals surface area contributed by atoms with E-state index < -0.39 is 10.0 Å². The second-order valence-electron chi connectivity index (χ2n) is 8.36. The Morgan fingerprint density at radius 1 is 1.07 bits per heavy atom. The van der Waals surface area contributed by atoms with Crippen LogP contribution in [0.15, 0.2) is 0 Å². The summed E-state index contributed by atoms with van der Waals surface area (Å²) < 4.78 is 25.3. The number of anilines is 1. The van der Waals surface area contributed by atoms with Gasteiger partial charge in [0.1, 0.15) is 16.5 Å². The molecule has 0 spiro atoms. The Morgan fingerprint density at radius 2 is 1.81 bits per heavy atom. The minimum Gasteiger partial charge on any atom is -0.353 e. The lowest BCUT2D eigenvalue weighted by atomic mass is 9.89. The lowest BCUT2D eigenvalue weighted by molar-refractivity contribution is 0.387. The van der Waals surface area contributed by atoms with Crippen molar-refractivity contribution in [3.8, 4) is 0 Å². The number of thiophene rings is 1. The van der Waals surface area contributed by atoms with Gasteiger partial charge in [-0.3, -0.25) is 0 Å². The quantitative estimate of drug-likeness (QED) is 0.784. The number of fused-ring (bicyclic) bond motifs is 3. The maximum atomic E-state index is 11.9. The van der Waals surface area contributed by atoms with Gasteiger partial charge in [-0.15, -0.1) is 11.3 Å². The van der Waals surface area contributed by atoms with Crippen LogP contribution >= 0.6 is 11.3 Å². The van der Waals surface area contributed by atoms with Gasteiger partial charge in [0.05, 0.1) is 11.6 Å². The van der Waals surface area contributed by atoms with Crippen LogP contribution in [0.5, 0.6) is 0 Å². The first kappa shape index (κ1) is 17.8. The van der Waals surface area contributed by atoms with E-state index in [4.69, 9.17) is 9.97 Å². The lowest BCUT2D eigenvalue weighted by Crippen LogP contribution is -2.48. The molecule has 0 bridgehead atoms. The van der Waals surface area contributed by atoms with Crippen LogP contribution in [0.4, 0.5) is 5.82 Å². The normalized spacial score (nSPS) is 24.4. The molecule has 2 aromatic rings. The third kappa shape index (κ3) is 3.25. The van der Waals surface area contributed by atoms with E-state index in [1.54, 1.807) is 4.31 Å². The van der Waals surface area contributed by atoms with Gasteiger partial charge in [-0.1, -0.05) is 6.92 Å². The van der Waals surface area contributed by atoms with Crippen molar-refractivity contribution in [1.29, 1.82) is 0 Å². The number of sulfonamides is 1. The molecule has 27 heavy (non-hydrogen) atoms. The van der Waals surface area contributed by atoms with Gasteiger partial charge < -0.3 is 4.90 Å². The Bertz CT molecular complexity index is 989. The van der Waals surface area contributed by atoms with E-state index in [1.165, 1.54) is 41.3 Å². The number of hydrogen-bond donors (Lipinski definition) is 0. The molecule has 1 atom stereocenters. The lowest BCUT2D eigenvalue weighted by Gasteiger charge is -2.34. The van der Waals surface area contributed by atoms with Crippen LogP contribution in [0.3, 0.4) is 0 Å². The molecule has 0 N–H and O–H groups in total. The molecule has 0 radical (unpaired) electrons. The Balaban J connectivity index is 1.56. The van der Waals surface area contributed by atoms with Crippen molar-refractivity contribution in [2.45, 2.75) is 44.9 Å². The molecule has 5 rings (SSSR count). The summed E-state index contributed by atoms with van der Waals surface area (Å²) >= 11 is 1.86. The van der Waals surface area contributed by atoms with Gasteiger partial charge in [0.2, 0.25) is 10.0 Å². The van der Waals surface area contributed by atoms with Gasteiger partial charge in [0.25, 0.3) is 0 Å². The monoisotopic (exact) mass is 406 g/mol. The molecule has 146 valence electrons. The molecule has 8 heteroatoms. The maximum Gasteiger partial charge on any atom is 0.211 e. The zero-order valence-corrected chi connectivity index (χ0v) is 17.6. The van der Waals surface area contributed by atoms with E-state index in [2.05, 4.69) is 11.8 Å². The Morgan fingerprint density at radius 3 is 2.48 bits per heavy atom. The molecule has 6 nitrogen and oxygen atoms in total. The maximum absolute atomic E-state index is 11.9. The van der Waals surface area contributed by atoms with Crippen LogP contribution in [0.1, 0.15) is 48.4 Å². The summed E-state index contributed by atoms with van der Waals surface area (Å²) in [6, 6.07) is 0. The third-order valence-corrected chi connectivity index (χ3v) is 8.55. The molecule has 0 amide bonds. The second kappa shape index (κ2) is 6.39. The molecular formula is C19H26N4O2S2. The molecule has 1 unspecified atom stereocenters. The zero-order valence-electron chi connectivity index (χ0n) is 15.9. The van der Waals surface area contributed by atoms with E-state index in [0.717, 1.165) is 35.2 Å². The average Bonchev–Trinajstić information content (AvgIpc) is 3.41. The van der Waals surface area contributed by atoms with Gasteiger partial charge in [0.15, 0.2) is 0 Å². The van der Waals surface area contributed by atoms with Gasteiger partial charge in [-0.2, -0.15) is 4.31 Å². The molecule has 1 aliphatic heterocycles. The predicted octanol–water partition coefficient (Wildman–Crippen LogP) is 2.78. The molecule has 0 aromatic carbocycles. The number of rotatable bonds is 3. The number of piperazine rings is 1. The van der Waals surface area contributed by atoms with Gasteiger partial charge in [-0.05, 0) is 43.6 Å². The van der Waals surface area contributed by atoms with Crippen molar-refractivity contribution in [1.82, 2.24) is 14.3 Å². The molecular weight excluding hydrogens is 380 g/mol. The molecule has 2 aliphatic carbocycles. The van der Waals surface area contributed by atoms with E-state index in [0.29, 0.717) is 32.1 Å². The van der Waals surface area contributed by atoms with Crippen LogP contribution in [0.25, 0.3) is 10.2 Å². The van der Waals surface area contributed by atoms with Crippen molar-refractivity contribution in [3.63, 3.8) is 0 Å². The number of aromatic nitrogens is 2. The summed E-state index contributed by atoms with van der Waals surface area (Å²) in [4.78, 5) is 14.9. The van der Waals surface area contributed by atoms with Crippen LogP contribution in [-0.4, -0.2) is 55.1 Å². The molecule has 3 aliphatic rings. The Labute approximate surface area is 164 Å². The van der Waals surface area contributed by atoms with E-state index in [9.17, 15) is 8.42 Å². The third-order valence-electron chi connectivity index (χ3n) is 6.10. The second-order valence-corrected chi connectivity index (χ2v) is 11.4. The zero-order chi connectivity index (χ0) is 18.8. The summed E-state index contributed by atoms with van der Waals surface area (Å²) in [5, 5.41) is 1.25. The van der Waals surface area contributed by atoms with Crippen LogP contribution in [0.2, 0.25) is 0 Å². The summed E-state index contributed by atoms with van der Waals surface area (Å²) in [7, 11) is -3.12. The largest absolute Gasteiger partial charge is 0.353 e. The molecule has 2 aromatic heterocycles. The van der Waals surface area contributed by atoms with Gasteiger partial charge in [-0.25, -0.2) is 18.4 Å². The molecule has 1 saturated carbocycles. The fraction of sp³-hybridized carbons (Fsp3) is 0.684. The van der Waals surface area contributed by atoms with Crippen molar-refractivity contribution >= 4 is 37.4 Å². The fourth-order valence-electron chi connectivity index (χ4n) is 4.32. The minimum absolute atomic E-state index is 0.517. The van der Waals surface area contributed by atoms with E-state index >= 15 is 0 Å². The first-order valence-electron chi connectivity index (χ1n) is 9.92. The first-order chi connectivity index (χ1) is 12.9. The van der Waals surface area contributed by atoms with Crippen molar-refractivity contribution in [3.05, 3.63) is 16.3 Å². The molecule has 2 fully saturated rings. The molecule has 1 saturated heterocycles. The van der Waals surface area contributed by atoms with Gasteiger partial charge in [0, 0.05) is 37.0 Å². The summed E-state index contributed by atoms with van der Waals surface area (Å²) in [6.07, 6.45) is 7.16. The van der Waals surface area contributed by atoms with Crippen LogP contribution in [0, 0.1) is 5.92 Å². The Kier molecular flexibility index (Phi) is 4.22. The first-order valence-corrected chi connectivity index (χ1v) is 12.6. The SMILES string of the molecule is CC1CCc2c(sc3nc(C4CC4)nc(N4CCN(S(C)(=O)=O)CC4)c23)C1. The smallest absolute Gasteiger partial charge is 0.211 e. The summed E-state index contributed by atoms with van der Waals surface area (Å²) in [5.74, 6) is 3.31. The van der Waals surface area contributed by atoms with Crippen molar-refractivity contribution in [2.75, 3.05) is 37.3 Å². The molecule has 3 heterocycles. The highest BCUT2D eigenvalue weighted by atomic mass is 32.2. The van der Waals surface area contributed by atoms with Crippen molar-refractivity contribution < 1.29 is 8.42 Å². The average molecular weight is 407 g/mol. The Hall–Kier alpha value is -1.25.